The van der Waals surface area contributed by atoms with Crippen LogP contribution in [0.5, 0.6) is 0 Å². The molecule has 1 heteroatoms. The molecular formula is C46H28O. The largest absolute Gasteiger partial charge is 0.456 e. The Hall–Kier alpha value is -6.18. The van der Waals surface area contributed by atoms with Crippen LogP contribution in [0.2, 0.25) is 0 Å². The van der Waals surface area contributed by atoms with Gasteiger partial charge in [-0.05, 0) is 113 Å². The molecule has 0 N–H and O–H groups in total. The predicted molar refractivity (Wildman–Crippen MR) is 200 cm³/mol. The van der Waals surface area contributed by atoms with Crippen LogP contribution in [0.1, 0.15) is 6.85 Å². The molecule has 0 unspecified atom stereocenters. The first-order valence-corrected chi connectivity index (χ1v) is 15.8. The number of hydrogen-bond acceptors (Lipinski definition) is 1. The number of rotatable bonds is 3. The van der Waals surface area contributed by atoms with Crippen molar-refractivity contribution in [2.45, 2.75) is 0 Å². The molecule has 1 aromatic heterocycles. The van der Waals surface area contributed by atoms with Crippen molar-refractivity contribution in [1.82, 2.24) is 0 Å². The van der Waals surface area contributed by atoms with E-state index in [0.717, 1.165) is 43.8 Å². The molecule has 10 rings (SSSR count). The summed E-state index contributed by atoms with van der Waals surface area (Å²) in [5.74, 6) is 0. The van der Waals surface area contributed by atoms with Crippen LogP contribution in [0, 0.1) is 0 Å². The van der Waals surface area contributed by atoms with E-state index in [4.69, 9.17) is 11.3 Å². The number of hydrogen-bond donors (Lipinski definition) is 0. The third-order valence-corrected chi connectivity index (χ3v) is 9.48. The van der Waals surface area contributed by atoms with Crippen molar-refractivity contribution in [2.75, 3.05) is 0 Å². The molecule has 0 saturated carbocycles. The second-order valence-corrected chi connectivity index (χ2v) is 12.1. The molecule has 9 aromatic carbocycles. The number of furan rings is 1. The van der Waals surface area contributed by atoms with E-state index < -0.39 is 6.04 Å². The van der Waals surface area contributed by atoms with Crippen molar-refractivity contribution in [3.63, 3.8) is 0 Å². The Morgan fingerprint density at radius 3 is 1.60 bits per heavy atom. The van der Waals surface area contributed by atoms with E-state index in [1.54, 1.807) is 6.07 Å². The Labute approximate surface area is 279 Å². The van der Waals surface area contributed by atoms with Crippen molar-refractivity contribution in [1.29, 1.82) is 0 Å². The second-order valence-electron chi connectivity index (χ2n) is 12.1. The van der Waals surface area contributed by atoms with Gasteiger partial charge in [0.25, 0.3) is 0 Å². The molecule has 0 atom stereocenters. The van der Waals surface area contributed by atoms with E-state index >= 15 is 0 Å². The predicted octanol–water partition coefficient (Wildman–Crippen LogP) is 13.2. The van der Waals surface area contributed by atoms with Gasteiger partial charge in [-0.1, -0.05) is 133 Å². The Bertz CT molecular complexity index is 3050. The van der Waals surface area contributed by atoms with Gasteiger partial charge in [0.15, 0.2) is 0 Å². The maximum Gasteiger partial charge on any atom is 0.136 e. The minimum absolute atomic E-state index is 0.193. The lowest BCUT2D eigenvalue weighted by Gasteiger charge is -2.18. The van der Waals surface area contributed by atoms with E-state index in [2.05, 4.69) is 109 Å². The fourth-order valence-electron chi connectivity index (χ4n) is 7.32. The highest BCUT2D eigenvalue weighted by atomic mass is 16.3. The zero-order valence-corrected chi connectivity index (χ0v) is 25.2. The Balaban J connectivity index is 1.19. The first-order valence-electron chi connectivity index (χ1n) is 18.3. The average Bonchev–Trinajstić information content (AvgIpc) is 3.53. The summed E-state index contributed by atoms with van der Waals surface area (Å²) in [5, 5.41) is 10.9. The standard InChI is InChI=1S/C46H28O/c1-2-10-29(11-3-1)32-19-20-33-28-44-42(27-36(33)25-32)41-26-35(22-23-43(41)47-44)46-39-16-8-6-14-37(39)45(38-15-7-9-17-40(38)46)34-21-18-30-12-4-5-13-31(30)24-34/h1-28H/i1D,2D,3D,10D,11D. The fourth-order valence-corrected chi connectivity index (χ4v) is 7.32. The smallest absolute Gasteiger partial charge is 0.136 e. The molecule has 0 saturated heterocycles. The van der Waals surface area contributed by atoms with Crippen molar-refractivity contribution in [3.8, 4) is 33.4 Å². The molecule has 1 nitrogen and oxygen atoms in total. The third kappa shape index (κ3) is 4.10. The van der Waals surface area contributed by atoms with Gasteiger partial charge in [-0.25, -0.2) is 0 Å². The van der Waals surface area contributed by atoms with Crippen LogP contribution in [0.4, 0.5) is 0 Å². The van der Waals surface area contributed by atoms with Crippen molar-refractivity contribution in [3.05, 3.63) is 170 Å². The molecule has 218 valence electrons. The molecule has 0 radical (unpaired) electrons. The van der Waals surface area contributed by atoms with E-state index in [9.17, 15) is 0 Å². The fraction of sp³-hybridized carbons (Fsp3) is 0. The quantitative estimate of drug-likeness (QED) is 0.184. The maximum absolute atomic E-state index is 8.52. The van der Waals surface area contributed by atoms with Crippen molar-refractivity contribution < 1.29 is 11.3 Å². The van der Waals surface area contributed by atoms with Gasteiger partial charge in [0.05, 0.1) is 6.85 Å². The summed E-state index contributed by atoms with van der Waals surface area (Å²) in [7, 11) is 0. The summed E-state index contributed by atoms with van der Waals surface area (Å²) >= 11 is 0. The van der Waals surface area contributed by atoms with Crippen LogP contribution < -0.4 is 0 Å². The first kappa shape index (κ1) is 21.5. The third-order valence-electron chi connectivity index (χ3n) is 9.48. The van der Waals surface area contributed by atoms with Crippen LogP contribution in [0.25, 0.3) is 98.4 Å². The molecule has 0 amide bonds. The zero-order chi connectivity index (χ0) is 35.2. The van der Waals surface area contributed by atoms with Crippen molar-refractivity contribution >= 4 is 65.0 Å². The Morgan fingerprint density at radius 2 is 0.872 bits per heavy atom. The highest BCUT2D eigenvalue weighted by Gasteiger charge is 2.18. The van der Waals surface area contributed by atoms with E-state index in [1.807, 2.05) is 24.3 Å². The highest BCUT2D eigenvalue weighted by molar-refractivity contribution is 6.22. The molecule has 0 aliphatic heterocycles. The van der Waals surface area contributed by atoms with E-state index in [-0.39, 0.29) is 29.7 Å². The summed E-state index contributed by atoms with van der Waals surface area (Å²) in [6, 6.07) is 47.1. The van der Waals surface area contributed by atoms with Gasteiger partial charge in [0.2, 0.25) is 0 Å². The first-order chi connectivity index (χ1) is 25.4. The van der Waals surface area contributed by atoms with Gasteiger partial charge in [0.1, 0.15) is 11.2 Å². The van der Waals surface area contributed by atoms with E-state index in [0.29, 0.717) is 5.56 Å². The molecule has 47 heavy (non-hydrogen) atoms. The summed E-state index contributed by atoms with van der Waals surface area (Å²) < 4.78 is 47.8. The highest BCUT2D eigenvalue weighted by Crippen LogP contribution is 2.45. The van der Waals surface area contributed by atoms with Gasteiger partial charge >= 0.3 is 0 Å². The molecule has 0 spiro atoms. The molecule has 1 heterocycles. The summed E-state index contributed by atoms with van der Waals surface area (Å²) in [4.78, 5) is 0. The van der Waals surface area contributed by atoms with Crippen LogP contribution in [-0.2, 0) is 0 Å². The van der Waals surface area contributed by atoms with Crippen LogP contribution >= 0.6 is 0 Å². The van der Waals surface area contributed by atoms with Crippen molar-refractivity contribution in [2.24, 2.45) is 0 Å². The SMILES string of the molecule is [2H]c1c([2H])c([2H])c(-c2ccc3cc4oc5ccc(-c6c7ccccc7c(-c7ccc8ccccc8c7)c7ccccc67)cc5c4cc3c2)c([2H])c1[2H]. The molecular weight excluding hydrogens is 569 g/mol. The Kier molecular flexibility index (Phi) is 4.66. The van der Waals surface area contributed by atoms with Gasteiger partial charge < -0.3 is 4.42 Å². The monoisotopic (exact) mass is 601 g/mol. The normalized spacial score (nSPS) is 13.3. The zero-order valence-electron chi connectivity index (χ0n) is 30.2. The minimum atomic E-state index is -0.397. The number of benzene rings is 9. The summed E-state index contributed by atoms with van der Waals surface area (Å²) in [5.41, 5.74) is 6.95. The lowest BCUT2D eigenvalue weighted by Crippen LogP contribution is -1.91. The summed E-state index contributed by atoms with van der Waals surface area (Å²) in [6.45, 7) is 0. The van der Waals surface area contributed by atoms with E-state index in [1.165, 1.54) is 43.4 Å². The van der Waals surface area contributed by atoms with Crippen LogP contribution in [-0.4, -0.2) is 0 Å². The number of fused-ring (bicyclic) bond motifs is 7. The summed E-state index contributed by atoms with van der Waals surface area (Å²) in [6.07, 6.45) is 0. The van der Waals surface area contributed by atoms with Gasteiger partial charge in [-0.3, -0.25) is 0 Å². The Morgan fingerprint density at radius 1 is 0.340 bits per heavy atom. The van der Waals surface area contributed by atoms with Gasteiger partial charge in [-0.15, -0.1) is 0 Å². The maximum atomic E-state index is 8.52. The molecule has 0 aliphatic rings. The molecule has 10 aromatic rings. The van der Waals surface area contributed by atoms with Gasteiger partial charge in [0, 0.05) is 10.8 Å². The lowest BCUT2D eigenvalue weighted by atomic mass is 9.85. The minimum Gasteiger partial charge on any atom is -0.456 e. The average molecular weight is 602 g/mol. The second kappa shape index (κ2) is 10.2. The topological polar surface area (TPSA) is 13.1 Å². The molecule has 0 bridgehead atoms. The lowest BCUT2D eigenvalue weighted by molar-refractivity contribution is 0.669. The van der Waals surface area contributed by atoms with Crippen LogP contribution in [0.15, 0.2) is 174 Å². The molecule has 0 aliphatic carbocycles. The van der Waals surface area contributed by atoms with Crippen LogP contribution in [0.3, 0.4) is 0 Å². The molecule has 0 fully saturated rings. The van der Waals surface area contributed by atoms with Gasteiger partial charge in [-0.2, -0.15) is 0 Å².